The number of piperazine rings is 1. The molecule has 0 radical (unpaired) electrons. The molecule has 7 heteroatoms. The van der Waals surface area contributed by atoms with Crippen LogP contribution in [0.1, 0.15) is 29.6 Å². The Kier molecular flexibility index (Phi) is 7.60. The monoisotopic (exact) mass is 453 g/mol. The third-order valence-electron chi connectivity index (χ3n) is 7.16. The molecule has 4 rings (SSSR count). The first-order valence-electron chi connectivity index (χ1n) is 11.9. The van der Waals surface area contributed by atoms with E-state index in [2.05, 4.69) is 29.2 Å². The normalized spacial score (nSPS) is 21.7. The van der Waals surface area contributed by atoms with E-state index in [9.17, 15) is 19.1 Å². The highest BCUT2D eigenvalue weighted by Crippen LogP contribution is 2.29. The Bertz CT molecular complexity index is 930. The fourth-order valence-corrected chi connectivity index (χ4v) is 5.21. The van der Waals surface area contributed by atoms with Crippen molar-refractivity contribution in [3.05, 3.63) is 66.0 Å². The Balaban J connectivity index is 1.33. The van der Waals surface area contributed by atoms with Crippen LogP contribution in [0.2, 0.25) is 0 Å². The smallest absolute Gasteiger partial charge is 0.253 e. The van der Waals surface area contributed by atoms with Gasteiger partial charge in [0, 0.05) is 36.7 Å². The number of amides is 1. The number of para-hydroxylation sites is 1. The number of rotatable bonds is 7. The Morgan fingerprint density at radius 2 is 1.67 bits per heavy atom. The van der Waals surface area contributed by atoms with Gasteiger partial charge < -0.3 is 24.6 Å². The van der Waals surface area contributed by atoms with Gasteiger partial charge >= 0.3 is 0 Å². The molecule has 0 bridgehead atoms. The zero-order valence-corrected chi connectivity index (χ0v) is 18.9. The number of carboxylic acids is 1. The number of hydrogen-bond donors (Lipinski definition) is 1. The lowest BCUT2D eigenvalue weighted by molar-refractivity contribution is -0.901. The number of piperidine rings is 1. The molecule has 6 nitrogen and oxygen atoms in total. The predicted octanol–water partition coefficient (Wildman–Crippen LogP) is 0.839. The van der Waals surface area contributed by atoms with Crippen molar-refractivity contribution in [1.29, 1.82) is 0 Å². The van der Waals surface area contributed by atoms with Crippen LogP contribution in [0.4, 0.5) is 10.1 Å². The molecule has 176 valence electrons. The molecular formula is C26H32FN3O3. The quantitative estimate of drug-likeness (QED) is 0.675. The number of anilines is 1. The Labute approximate surface area is 194 Å². The predicted molar refractivity (Wildman–Crippen MR) is 122 cm³/mol. The number of nitrogens with one attached hydrogen (secondary N) is 1. The lowest BCUT2D eigenvalue weighted by Gasteiger charge is -2.40. The van der Waals surface area contributed by atoms with Crippen molar-refractivity contribution in [2.75, 3.05) is 50.7 Å². The number of halogens is 1. The molecule has 0 aromatic heterocycles. The van der Waals surface area contributed by atoms with Gasteiger partial charge in [-0.25, -0.2) is 4.39 Å². The molecule has 2 aromatic rings. The van der Waals surface area contributed by atoms with E-state index in [-0.39, 0.29) is 30.0 Å². The van der Waals surface area contributed by atoms with Crippen LogP contribution in [0.3, 0.4) is 0 Å². The minimum Gasteiger partial charge on any atom is -0.550 e. The van der Waals surface area contributed by atoms with Crippen molar-refractivity contribution < 1.29 is 24.0 Å². The average Bonchev–Trinajstić information content (AvgIpc) is 2.84. The molecule has 2 aliphatic rings. The fourth-order valence-electron chi connectivity index (χ4n) is 5.21. The summed E-state index contributed by atoms with van der Waals surface area (Å²) in [4.78, 5) is 30.0. The Hall–Kier alpha value is -2.93. The summed E-state index contributed by atoms with van der Waals surface area (Å²) in [5.74, 6) is -1.35. The molecule has 2 fully saturated rings. The lowest BCUT2D eigenvalue weighted by atomic mass is 9.81. The molecule has 1 N–H and O–H groups in total. The maximum absolute atomic E-state index is 13.2. The first-order chi connectivity index (χ1) is 16.0. The summed E-state index contributed by atoms with van der Waals surface area (Å²) < 4.78 is 13.2. The summed E-state index contributed by atoms with van der Waals surface area (Å²) in [5.41, 5.74) is 1.73. The number of aliphatic carboxylic acids is 1. The molecule has 2 heterocycles. The standard InChI is InChI=1S/C26H32FN3O3/c27-23-8-6-20(7-9-23)26(33)30-13-11-21(18-25(31)32)22(19-30)10-12-28-14-16-29(17-15-28)24-4-2-1-3-5-24/h1-9,21-22H,10-19H2,(H,31,32)/t21-,22-/m0/s1. The van der Waals surface area contributed by atoms with Crippen LogP contribution in [0.25, 0.3) is 0 Å². The number of hydrogen-bond acceptors (Lipinski definition) is 4. The van der Waals surface area contributed by atoms with Crippen LogP contribution >= 0.6 is 0 Å². The second-order valence-electron chi connectivity index (χ2n) is 9.25. The van der Waals surface area contributed by atoms with Crippen molar-refractivity contribution in [3.63, 3.8) is 0 Å². The molecule has 33 heavy (non-hydrogen) atoms. The van der Waals surface area contributed by atoms with Gasteiger partial charge in [-0.15, -0.1) is 0 Å². The van der Waals surface area contributed by atoms with E-state index in [0.717, 1.165) is 39.1 Å². The van der Waals surface area contributed by atoms with E-state index in [4.69, 9.17) is 0 Å². The van der Waals surface area contributed by atoms with Crippen LogP contribution in [-0.4, -0.2) is 62.6 Å². The highest BCUT2D eigenvalue weighted by Gasteiger charge is 2.33. The van der Waals surface area contributed by atoms with E-state index < -0.39 is 5.97 Å². The molecular weight excluding hydrogens is 421 g/mol. The third-order valence-corrected chi connectivity index (χ3v) is 7.16. The van der Waals surface area contributed by atoms with Gasteiger partial charge in [0.2, 0.25) is 0 Å². The summed E-state index contributed by atoms with van der Waals surface area (Å²) in [5, 5.41) is 11.3. The number of carbonyl (C=O) groups is 2. The van der Waals surface area contributed by atoms with E-state index in [1.807, 2.05) is 6.07 Å². The fraction of sp³-hybridized carbons (Fsp3) is 0.462. The van der Waals surface area contributed by atoms with E-state index in [1.165, 1.54) is 34.9 Å². The zero-order chi connectivity index (χ0) is 23.2. The van der Waals surface area contributed by atoms with Gasteiger partial charge in [-0.2, -0.15) is 0 Å². The first-order valence-corrected chi connectivity index (χ1v) is 11.9. The summed E-state index contributed by atoms with van der Waals surface area (Å²) >= 11 is 0. The van der Waals surface area contributed by atoms with Crippen molar-refractivity contribution in [2.24, 2.45) is 11.8 Å². The molecule has 1 amide bonds. The summed E-state index contributed by atoms with van der Waals surface area (Å²) in [6.07, 6.45) is 1.58. The second-order valence-corrected chi connectivity index (χ2v) is 9.25. The highest BCUT2D eigenvalue weighted by molar-refractivity contribution is 5.94. The van der Waals surface area contributed by atoms with Gasteiger partial charge in [-0.3, -0.25) is 4.79 Å². The topological polar surface area (TPSA) is 68.1 Å². The maximum atomic E-state index is 13.2. The van der Waals surface area contributed by atoms with Gasteiger partial charge in [-0.05, 0) is 61.1 Å². The Morgan fingerprint density at radius 3 is 2.33 bits per heavy atom. The summed E-state index contributed by atoms with van der Waals surface area (Å²) in [6, 6.07) is 16.1. The van der Waals surface area contributed by atoms with E-state index >= 15 is 0 Å². The van der Waals surface area contributed by atoms with Crippen LogP contribution in [0.15, 0.2) is 54.6 Å². The van der Waals surface area contributed by atoms with E-state index in [0.29, 0.717) is 25.1 Å². The second kappa shape index (κ2) is 10.8. The molecule has 2 atom stereocenters. The number of carbonyl (C=O) groups excluding carboxylic acids is 2. The van der Waals surface area contributed by atoms with Gasteiger partial charge in [-0.1, -0.05) is 18.2 Å². The average molecular weight is 454 g/mol. The third kappa shape index (κ3) is 6.11. The lowest BCUT2D eigenvalue weighted by Crippen LogP contribution is -3.15. The maximum Gasteiger partial charge on any atom is 0.253 e. The molecule has 2 saturated heterocycles. The highest BCUT2D eigenvalue weighted by atomic mass is 19.1. The molecule has 2 aliphatic heterocycles. The van der Waals surface area contributed by atoms with Crippen LogP contribution in [0.5, 0.6) is 0 Å². The number of carboxylic acid groups (broad SMARTS) is 1. The number of benzene rings is 2. The van der Waals surface area contributed by atoms with Gasteiger partial charge in [0.15, 0.2) is 0 Å². The van der Waals surface area contributed by atoms with Crippen LogP contribution in [-0.2, 0) is 4.79 Å². The minimum absolute atomic E-state index is 0.0253. The zero-order valence-electron chi connectivity index (χ0n) is 18.9. The summed E-state index contributed by atoms with van der Waals surface area (Å²) in [7, 11) is 0. The van der Waals surface area contributed by atoms with Crippen molar-refractivity contribution >= 4 is 17.6 Å². The molecule has 0 unspecified atom stereocenters. The SMILES string of the molecule is O=C([O-])C[C@@H]1CCN(C(=O)c2ccc(F)cc2)C[C@@H]1CC[NH+]1CCN(c2ccccc2)CC1. The first kappa shape index (κ1) is 23.2. The van der Waals surface area contributed by atoms with E-state index in [1.54, 1.807) is 4.90 Å². The van der Waals surface area contributed by atoms with Crippen LogP contribution in [0, 0.1) is 17.7 Å². The number of quaternary nitrogens is 1. The largest absolute Gasteiger partial charge is 0.550 e. The van der Waals surface area contributed by atoms with Crippen molar-refractivity contribution in [1.82, 2.24) is 4.90 Å². The van der Waals surface area contributed by atoms with Crippen LogP contribution < -0.4 is 14.9 Å². The minimum atomic E-state index is -1.02. The van der Waals surface area contributed by atoms with Gasteiger partial charge in [0.25, 0.3) is 5.91 Å². The molecule has 0 saturated carbocycles. The molecule has 0 aliphatic carbocycles. The molecule has 2 aromatic carbocycles. The van der Waals surface area contributed by atoms with Crippen molar-refractivity contribution in [3.8, 4) is 0 Å². The molecule has 0 spiro atoms. The van der Waals surface area contributed by atoms with Gasteiger partial charge in [0.05, 0.1) is 32.7 Å². The number of nitrogens with zero attached hydrogens (tertiary/aromatic N) is 2. The summed E-state index contributed by atoms with van der Waals surface area (Å²) in [6.45, 7) is 6.12. The van der Waals surface area contributed by atoms with Crippen molar-refractivity contribution in [2.45, 2.75) is 19.3 Å². The number of likely N-dealkylation sites (tertiary alicyclic amines) is 1. The Morgan fingerprint density at radius 1 is 0.970 bits per heavy atom. The van der Waals surface area contributed by atoms with Gasteiger partial charge in [0.1, 0.15) is 5.82 Å².